The molecule has 0 saturated heterocycles. The smallest absolute Gasteiger partial charge is 0.0348 e. The minimum atomic E-state index is 1.11. The van der Waals surface area contributed by atoms with Crippen molar-refractivity contribution in [2.75, 3.05) is 13.6 Å². The van der Waals surface area contributed by atoms with Crippen molar-refractivity contribution in [3.8, 4) is 0 Å². The molecular formula is C12H13NS. The molecule has 14 heavy (non-hydrogen) atoms. The molecule has 1 nitrogen and oxygen atoms in total. The Balaban J connectivity index is 2.30. The highest BCUT2D eigenvalue weighted by Gasteiger charge is 2.14. The number of benzene rings is 1. The van der Waals surface area contributed by atoms with Gasteiger partial charge in [-0.05, 0) is 36.0 Å². The summed E-state index contributed by atoms with van der Waals surface area (Å²) < 4.78 is 1.45. The lowest BCUT2D eigenvalue weighted by Gasteiger charge is -2.11. The lowest BCUT2D eigenvalue weighted by molar-refractivity contribution is 0.337. The van der Waals surface area contributed by atoms with Crippen LogP contribution in [-0.4, -0.2) is 18.5 Å². The van der Waals surface area contributed by atoms with Gasteiger partial charge in [0.25, 0.3) is 0 Å². The molecule has 2 heterocycles. The monoisotopic (exact) mass is 203 g/mol. The van der Waals surface area contributed by atoms with Crippen LogP contribution in [0.4, 0.5) is 0 Å². The predicted molar refractivity (Wildman–Crippen MR) is 61.9 cm³/mol. The normalized spacial score (nSPS) is 17.2. The van der Waals surface area contributed by atoms with Crippen molar-refractivity contribution in [1.29, 1.82) is 0 Å². The molecule has 0 saturated carbocycles. The Bertz CT molecular complexity index is 472. The third-order valence-corrected chi connectivity index (χ3v) is 3.96. The van der Waals surface area contributed by atoms with Gasteiger partial charge >= 0.3 is 0 Å². The van der Waals surface area contributed by atoms with Crippen LogP contribution in [0.25, 0.3) is 10.1 Å². The summed E-state index contributed by atoms with van der Waals surface area (Å²) >= 11 is 1.88. The highest BCUT2D eigenvalue weighted by molar-refractivity contribution is 7.17. The Morgan fingerprint density at radius 2 is 2.21 bits per heavy atom. The Morgan fingerprint density at radius 3 is 3.14 bits per heavy atom. The zero-order valence-electron chi connectivity index (χ0n) is 8.29. The maximum Gasteiger partial charge on any atom is 0.0348 e. The lowest BCUT2D eigenvalue weighted by atomic mass is 10.1. The van der Waals surface area contributed by atoms with Crippen LogP contribution in [0.5, 0.6) is 0 Å². The minimum absolute atomic E-state index is 1.11. The summed E-state index contributed by atoms with van der Waals surface area (Å²) in [4.78, 5) is 2.40. The van der Waals surface area contributed by atoms with Crippen molar-refractivity contribution >= 4 is 21.4 Å². The van der Waals surface area contributed by atoms with E-state index in [1.54, 1.807) is 0 Å². The maximum absolute atomic E-state index is 2.40. The second kappa shape index (κ2) is 3.07. The lowest BCUT2D eigenvalue weighted by Crippen LogP contribution is -2.18. The van der Waals surface area contributed by atoms with E-state index in [0.29, 0.717) is 0 Å². The van der Waals surface area contributed by atoms with Crippen molar-refractivity contribution in [2.45, 2.75) is 13.0 Å². The van der Waals surface area contributed by atoms with E-state index in [1.807, 2.05) is 11.3 Å². The summed E-state index contributed by atoms with van der Waals surface area (Å²) in [6.07, 6.45) is 1.19. The van der Waals surface area contributed by atoms with E-state index >= 15 is 0 Å². The van der Waals surface area contributed by atoms with E-state index in [1.165, 1.54) is 34.2 Å². The molecule has 2 heteroatoms. The third-order valence-electron chi connectivity index (χ3n) is 2.96. The topological polar surface area (TPSA) is 3.24 Å². The van der Waals surface area contributed by atoms with E-state index in [-0.39, 0.29) is 0 Å². The van der Waals surface area contributed by atoms with Crippen LogP contribution in [0.15, 0.2) is 23.6 Å². The van der Waals surface area contributed by atoms with E-state index < -0.39 is 0 Å². The largest absolute Gasteiger partial charge is 0.302 e. The first kappa shape index (κ1) is 8.45. The zero-order valence-corrected chi connectivity index (χ0v) is 9.10. The van der Waals surface area contributed by atoms with Gasteiger partial charge in [-0.2, -0.15) is 0 Å². The minimum Gasteiger partial charge on any atom is -0.302 e. The highest BCUT2D eigenvalue weighted by Crippen LogP contribution is 2.31. The number of nitrogens with zero attached hydrogens (tertiary/aromatic N) is 1. The third kappa shape index (κ3) is 1.18. The average Bonchev–Trinajstić information content (AvgIpc) is 2.51. The van der Waals surface area contributed by atoms with Crippen LogP contribution in [0.3, 0.4) is 0 Å². The molecule has 0 unspecified atom stereocenters. The summed E-state index contributed by atoms with van der Waals surface area (Å²) in [5, 5.41) is 3.84. The fourth-order valence-electron chi connectivity index (χ4n) is 2.24. The molecule has 1 aromatic heterocycles. The molecule has 1 aliphatic heterocycles. The molecule has 0 radical (unpaired) electrons. The molecule has 0 fully saturated rings. The van der Waals surface area contributed by atoms with E-state index in [0.717, 1.165) is 6.54 Å². The van der Waals surface area contributed by atoms with Gasteiger partial charge in [0, 0.05) is 23.2 Å². The molecule has 1 aliphatic rings. The Labute approximate surface area is 88.0 Å². The number of thiophene rings is 1. The second-order valence-corrected chi connectivity index (χ2v) is 4.95. The van der Waals surface area contributed by atoms with E-state index in [4.69, 9.17) is 0 Å². The molecule has 0 aliphatic carbocycles. The van der Waals surface area contributed by atoms with Gasteiger partial charge in [0.05, 0.1) is 0 Å². The Hall–Kier alpha value is -0.860. The van der Waals surface area contributed by atoms with Crippen molar-refractivity contribution < 1.29 is 0 Å². The van der Waals surface area contributed by atoms with Gasteiger partial charge in [-0.3, -0.25) is 0 Å². The molecule has 0 N–H and O–H groups in total. The van der Waals surface area contributed by atoms with Crippen LogP contribution >= 0.6 is 11.3 Å². The molecule has 0 atom stereocenters. The summed E-state index contributed by atoms with van der Waals surface area (Å²) in [6, 6.07) is 6.69. The van der Waals surface area contributed by atoms with Crippen molar-refractivity contribution in [1.82, 2.24) is 4.90 Å². The maximum atomic E-state index is 2.40. The van der Waals surface area contributed by atoms with Crippen LogP contribution in [0.1, 0.15) is 11.1 Å². The SMILES string of the molecule is CN1CCc2cccc3scc(c23)C1. The van der Waals surface area contributed by atoms with Gasteiger partial charge in [-0.15, -0.1) is 11.3 Å². The van der Waals surface area contributed by atoms with Crippen LogP contribution in [-0.2, 0) is 13.0 Å². The molecule has 2 aromatic rings. The van der Waals surface area contributed by atoms with Crippen molar-refractivity contribution in [2.24, 2.45) is 0 Å². The van der Waals surface area contributed by atoms with Crippen LogP contribution in [0.2, 0.25) is 0 Å². The first-order chi connectivity index (χ1) is 6.84. The molecular weight excluding hydrogens is 190 g/mol. The van der Waals surface area contributed by atoms with Gasteiger partial charge in [-0.25, -0.2) is 0 Å². The van der Waals surface area contributed by atoms with Gasteiger partial charge < -0.3 is 4.90 Å². The number of likely N-dealkylation sites (N-methyl/N-ethyl adjacent to an activating group) is 1. The fraction of sp³-hybridized carbons (Fsp3) is 0.333. The molecule has 72 valence electrons. The number of rotatable bonds is 0. The molecule has 3 rings (SSSR count). The van der Waals surface area contributed by atoms with Gasteiger partial charge in [0.1, 0.15) is 0 Å². The summed E-state index contributed by atoms with van der Waals surface area (Å²) in [7, 11) is 2.20. The van der Waals surface area contributed by atoms with Crippen molar-refractivity contribution in [3.63, 3.8) is 0 Å². The second-order valence-electron chi connectivity index (χ2n) is 4.04. The first-order valence-electron chi connectivity index (χ1n) is 5.01. The summed E-state index contributed by atoms with van der Waals surface area (Å²) in [5.74, 6) is 0. The van der Waals surface area contributed by atoms with E-state index in [9.17, 15) is 0 Å². The van der Waals surface area contributed by atoms with E-state index in [2.05, 4.69) is 35.5 Å². The van der Waals surface area contributed by atoms with Gasteiger partial charge in [0.2, 0.25) is 0 Å². The van der Waals surface area contributed by atoms with Crippen molar-refractivity contribution in [3.05, 3.63) is 34.7 Å². The molecule has 0 spiro atoms. The Morgan fingerprint density at radius 1 is 1.29 bits per heavy atom. The standard InChI is InChI=1S/C12H13NS/c1-13-6-5-9-3-2-4-11-12(9)10(7-13)8-14-11/h2-4,8H,5-7H2,1H3. The average molecular weight is 203 g/mol. The number of hydrogen-bond acceptors (Lipinski definition) is 2. The first-order valence-corrected chi connectivity index (χ1v) is 5.89. The Kier molecular flexibility index (Phi) is 1.85. The molecule has 0 amide bonds. The van der Waals surface area contributed by atoms with Gasteiger partial charge in [0.15, 0.2) is 0 Å². The van der Waals surface area contributed by atoms with Crippen LogP contribution in [0, 0.1) is 0 Å². The zero-order chi connectivity index (χ0) is 9.54. The summed E-state index contributed by atoms with van der Waals surface area (Å²) in [5.41, 5.74) is 3.05. The molecule has 0 bridgehead atoms. The van der Waals surface area contributed by atoms with Gasteiger partial charge in [-0.1, -0.05) is 12.1 Å². The van der Waals surface area contributed by atoms with Crippen LogP contribution < -0.4 is 0 Å². The predicted octanol–water partition coefficient (Wildman–Crippen LogP) is 2.89. The summed E-state index contributed by atoms with van der Waals surface area (Å²) in [6.45, 7) is 2.29. The highest BCUT2D eigenvalue weighted by atomic mass is 32.1. The quantitative estimate of drug-likeness (QED) is 0.636. The fourth-order valence-corrected chi connectivity index (χ4v) is 3.24. The molecule has 1 aromatic carbocycles. The number of hydrogen-bond donors (Lipinski definition) is 0.